The molecule has 1 saturated heterocycles. The highest BCUT2D eigenvalue weighted by molar-refractivity contribution is 5.45. The number of rotatable bonds is 5. The SMILES string of the molecule is NCC1(N2CCOCC2)C2CCCC21CNc1ccccc1. The summed E-state index contributed by atoms with van der Waals surface area (Å²) in [6, 6.07) is 10.6. The summed E-state index contributed by atoms with van der Waals surface area (Å²) < 4.78 is 5.55. The highest BCUT2D eigenvalue weighted by Gasteiger charge is 2.78. The molecule has 0 radical (unpaired) electrons. The van der Waals surface area contributed by atoms with Crippen molar-refractivity contribution in [3.63, 3.8) is 0 Å². The fourth-order valence-corrected chi connectivity index (χ4v) is 5.42. The first-order valence-electron chi connectivity index (χ1n) is 8.65. The molecule has 3 atom stereocenters. The average molecular weight is 301 g/mol. The Balaban J connectivity index is 1.53. The van der Waals surface area contributed by atoms with Crippen LogP contribution in [0.3, 0.4) is 0 Å². The van der Waals surface area contributed by atoms with Gasteiger partial charge in [-0.05, 0) is 30.9 Å². The molecule has 2 aliphatic carbocycles. The zero-order chi connectivity index (χ0) is 15.0. The van der Waals surface area contributed by atoms with Crippen molar-refractivity contribution < 1.29 is 4.74 Å². The second kappa shape index (κ2) is 5.52. The minimum atomic E-state index is 0.219. The smallest absolute Gasteiger partial charge is 0.0594 e. The lowest BCUT2D eigenvalue weighted by Gasteiger charge is -2.39. The molecule has 4 rings (SSSR count). The first-order chi connectivity index (χ1) is 10.8. The van der Waals surface area contributed by atoms with Gasteiger partial charge >= 0.3 is 0 Å². The molecule has 1 heterocycles. The van der Waals surface area contributed by atoms with E-state index in [1.54, 1.807) is 0 Å². The van der Waals surface area contributed by atoms with Gasteiger partial charge in [0, 0.05) is 42.8 Å². The average Bonchev–Trinajstić information content (AvgIpc) is 2.89. The normalized spacial score (nSPS) is 37.8. The Morgan fingerprint density at radius 3 is 2.73 bits per heavy atom. The number of fused-ring (bicyclic) bond motifs is 1. The van der Waals surface area contributed by atoms with E-state index in [1.807, 2.05) is 0 Å². The van der Waals surface area contributed by atoms with Crippen LogP contribution in [0.2, 0.25) is 0 Å². The van der Waals surface area contributed by atoms with Gasteiger partial charge in [-0.3, -0.25) is 4.90 Å². The predicted molar refractivity (Wildman–Crippen MR) is 88.9 cm³/mol. The van der Waals surface area contributed by atoms with Crippen molar-refractivity contribution in [2.24, 2.45) is 17.1 Å². The molecule has 1 aromatic rings. The third-order valence-corrected chi connectivity index (χ3v) is 6.41. The van der Waals surface area contributed by atoms with E-state index in [1.165, 1.54) is 24.9 Å². The highest BCUT2D eigenvalue weighted by Crippen LogP contribution is 2.73. The molecule has 120 valence electrons. The zero-order valence-corrected chi connectivity index (χ0v) is 13.3. The first kappa shape index (κ1) is 14.5. The van der Waals surface area contributed by atoms with Crippen molar-refractivity contribution in [3.8, 4) is 0 Å². The van der Waals surface area contributed by atoms with Gasteiger partial charge in [0.25, 0.3) is 0 Å². The Bertz CT molecular complexity index is 516. The van der Waals surface area contributed by atoms with Crippen molar-refractivity contribution in [2.75, 3.05) is 44.7 Å². The van der Waals surface area contributed by atoms with Crippen LogP contribution in [-0.2, 0) is 4.74 Å². The van der Waals surface area contributed by atoms with Gasteiger partial charge in [0.1, 0.15) is 0 Å². The summed E-state index contributed by atoms with van der Waals surface area (Å²) in [7, 11) is 0. The van der Waals surface area contributed by atoms with Gasteiger partial charge in [-0.2, -0.15) is 0 Å². The summed E-state index contributed by atoms with van der Waals surface area (Å²) in [4.78, 5) is 2.65. The summed E-state index contributed by atoms with van der Waals surface area (Å²) in [6.07, 6.45) is 4.00. The number of anilines is 1. The fraction of sp³-hybridized carbons (Fsp3) is 0.667. The Labute approximate surface area is 133 Å². The van der Waals surface area contributed by atoms with Crippen molar-refractivity contribution in [1.82, 2.24) is 4.90 Å². The van der Waals surface area contributed by atoms with Gasteiger partial charge in [0.15, 0.2) is 0 Å². The molecule has 0 spiro atoms. The maximum atomic E-state index is 6.33. The van der Waals surface area contributed by atoms with Crippen LogP contribution in [0.25, 0.3) is 0 Å². The van der Waals surface area contributed by atoms with E-state index in [0.717, 1.165) is 45.3 Å². The van der Waals surface area contributed by atoms with Crippen LogP contribution in [0.5, 0.6) is 0 Å². The van der Waals surface area contributed by atoms with Crippen molar-refractivity contribution >= 4 is 5.69 Å². The molecule has 22 heavy (non-hydrogen) atoms. The van der Waals surface area contributed by atoms with Crippen LogP contribution < -0.4 is 11.1 Å². The van der Waals surface area contributed by atoms with Crippen LogP contribution in [0.4, 0.5) is 5.69 Å². The Kier molecular flexibility index (Phi) is 3.63. The third kappa shape index (κ3) is 1.94. The summed E-state index contributed by atoms with van der Waals surface area (Å²) in [6.45, 7) is 5.64. The Morgan fingerprint density at radius 2 is 2.00 bits per heavy atom. The third-order valence-electron chi connectivity index (χ3n) is 6.41. The quantitative estimate of drug-likeness (QED) is 0.872. The molecule has 0 amide bonds. The second-order valence-electron chi connectivity index (χ2n) is 7.05. The molecule has 0 bridgehead atoms. The number of ether oxygens (including phenoxy) is 1. The van der Waals surface area contributed by atoms with Crippen LogP contribution in [0, 0.1) is 11.3 Å². The molecule has 0 aromatic heterocycles. The molecule has 3 fully saturated rings. The van der Waals surface area contributed by atoms with Crippen LogP contribution in [0.1, 0.15) is 19.3 Å². The van der Waals surface area contributed by atoms with Crippen LogP contribution in [-0.4, -0.2) is 49.8 Å². The minimum absolute atomic E-state index is 0.219. The van der Waals surface area contributed by atoms with Gasteiger partial charge in [-0.15, -0.1) is 0 Å². The lowest BCUT2D eigenvalue weighted by atomic mass is 9.92. The maximum absolute atomic E-state index is 6.33. The first-order valence-corrected chi connectivity index (χ1v) is 8.65. The van der Waals surface area contributed by atoms with Crippen molar-refractivity contribution in [2.45, 2.75) is 24.8 Å². The van der Waals surface area contributed by atoms with Gasteiger partial charge < -0.3 is 15.8 Å². The van der Waals surface area contributed by atoms with Gasteiger partial charge in [0.05, 0.1) is 13.2 Å². The number of para-hydroxylation sites is 1. The van der Waals surface area contributed by atoms with Crippen LogP contribution in [0.15, 0.2) is 30.3 Å². The Morgan fingerprint density at radius 1 is 1.23 bits per heavy atom. The molecule has 3 N–H and O–H groups in total. The molecule has 4 nitrogen and oxygen atoms in total. The lowest BCUT2D eigenvalue weighted by Crippen LogP contribution is -2.54. The molecule has 2 saturated carbocycles. The number of nitrogens with one attached hydrogen (secondary N) is 1. The fourth-order valence-electron chi connectivity index (χ4n) is 5.42. The van der Waals surface area contributed by atoms with Gasteiger partial charge in [0.2, 0.25) is 0 Å². The van der Waals surface area contributed by atoms with E-state index in [-0.39, 0.29) is 5.54 Å². The molecular formula is C18H27N3O. The topological polar surface area (TPSA) is 50.5 Å². The number of morpholine rings is 1. The van der Waals surface area contributed by atoms with Crippen LogP contribution >= 0.6 is 0 Å². The molecule has 4 heteroatoms. The molecule has 1 aliphatic heterocycles. The summed E-state index contributed by atoms with van der Waals surface area (Å²) in [5.74, 6) is 0.763. The predicted octanol–water partition coefficient (Wildman–Crippen LogP) is 1.93. The number of benzene rings is 1. The second-order valence-corrected chi connectivity index (χ2v) is 7.05. The van der Waals surface area contributed by atoms with Gasteiger partial charge in [-0.1, -0.05) is 24.6 Å². The van der Waals surface area contributed by atoms with E-state index in [9.17, 15) is 0 Å². The number of hydrogen-bond donors (Lipinski definition) is 2. The maximum Gasteiger partial charge on any atom is 0.0594 e. The number of nitrogens with zero attached hydrogens (tertiary/aromatic N) is 1. The van der Waals surface area contributed by atoms with E-state index in [4.69, 9.17) is 10.5 Å². The molecular weight excluding hydrogens is 274 g/mol. The standard InChI is InChI=1S/C18H27N3O/c19-13-18(21-9-11-22-12-10-21)16-7-4-8-17(16,18)14-20-15-5-2-1-3-6-15/h1-3,5-6,16,20H,4,7-14,19H2. The van der Waals surface area contributed by atoms with E-state index in [0.29, 0.717) is 5.41 Å². The number of nitrogens with two attached hydrogens (primary N) is 1. The highest BCUT2D eigenvalue weighted by atomic mass is 16.5. The van der Waals surface area contributed by atoms with E-state index >= 15 is 0 Å². The van der Waals surface area contributed by atoms with E-state index < -0.39 is 0 Å². The molecule has 1 aromatic carbocycles. The monoisotopic (exact) mass is 301 g/mol. The van der Waals surface area contributed by atoms with Gasteiger partial charge in [-0.25, -0.2) is 0 Å². The van der Waals surface area contributed by atoms with Crippen molar-refractivity contribution in [3.05, 3.63) is 30.3 Å². The summed E-state index contributed by atoms with van der Waals surface area (Å²) in [5, 5.41) is 3.68. The number of hydrogen-bond acceptors (Lipinski definition) is 4. The summed E-state index contributed by atoms with van der Waals surface area (Å²) >= 11 is 0. The van der Waals surface area contributed by atoms with Crippen molar-refractivity contribution in [1.29, 1.82) is 0 Å². The van der Waals surface area contributed by atoms with E-state index in [2.05, 4.69) is 40.5 Å². The summed E-state index contributed by atoms with van der Waals surface area (Å²) in [5.41, 5.74) is 8.15. The molecule has 3 aliphatic rings. The largest absolute Gasteiger partial charge is 0.384 e. The minimum Gasteiger partial charge on any atom is -0.384 e. The lowest BCUT2D eigenvalue weighted by molar-refractivity contribution is -0.00450. The Hall–Kier alpha value is -1.10. The zero-order valence-electron chi connectivity index (χ0n) is 13.3. The molecule has 3 unspecified atom stereocenters.